The molecule has 0 atom stereocenters. The molecule has 1 N–H and O–H groups in total. The molecule has 0 spiro atoms. The Kier molecular flexibility index (Phi) is 6.53. The zero-order valence-electron chi connectivity index (χ0n) is 14.7. The number of aryl methyl sites for hydroxylation is 1. The van der Waals surface area contributed by atoms with Gasteiger partial charge in [0.25, 0.3) is 5.91 Å². The van der Waals surface area contributed by atoms with Gasteiger partial charge in [0.1, 0.15) is 11.6 Å². The Morgan fingerprint density at radius 1 is 1.38 bits per heavy atom. The summed E-state index contributed by atoms with van der Waals surface area (Å²) in [4.78, 5) is 12.1. The van der Waals surface area contributed by atoms with E-state index in [1.165, 1.54) is 37.8 Å². The molecule has 1 saturated carbocycles. The molecule has 0 saturated heterocycles. The van der Waals surface area contributed by atoms with E-state index in [1.54, 1.807) is 11.8 Å². The summed E-state index contributed by atoms with van der Waals surface area (Å²) in [5.41, 5.74) is 0.00758. The van der Waals surface area contributed by atoms with Crippen LogP contribution in [0.15, 0.2) is 23.4 Å². The van der Waals surface area contributed by atoms with E-state index in [9.17, 15) is 9.18 Å². The number of hydrogen-bond acceptors (Lipinski definition) is 4. The van der Waals surface area contributed by atoms with Crippen LogP contribution in [0.2, 0.25) is 5.02 Å². The van der Waals surface area contributed by atoms with Gasteiger partial charge in [-0.05, 0) is 43.7 Å². The molecule has 3 rings (SSSR count). The minimum Gasteiger partial charge on any atom is -0.352 e. The van der Waals surface area contributed by atoms with Crippen molar-refractivity contribution in [2.75, 3.05) is 12.8 Å². The van der Waals surface area contributed by atoms with Crippen molar-refractivity contribution in [1.82, 2.24) is 20.1 Å². The van der Waals surface area contributed by atoms with Crippen molar-refractivity contribution < 1.29 is 9.18 Å². The number of thioether (sulfide) groups is 1. The standard InChI is InChI=1S/C18H22ClFN4OS/c1-26-18-23-22-16(24(18)13-5-2-3-6-13)7-4-10-21-17(25)14-9-8-12(19)11-15(14)20/h8-9,11,13H,2-7,10H2,1H3,(H,21,25). The lowest BCUT2D eigenvalue weighted by molar-refractivity contribution is 0.0949. The molecule has 1 aliphatic rings. The first-order valence-corrected chi connectivity index (χ1v) is 10.4. The Labute approximate surface area is 161 Å². The summed E-state index contributed by atoms with van der Waals surface area (Å²) in [6.07, 6.45) is 8.31. The highest BCUT2D eigenvalue weighted by molar-refractivity contribution is 7.98. The van der Waals surface area contributed by atoms with Gasteiger partial charge in [0.15, 0.2) is 5.16 Å². The van der Waals surface area contributed by atoms with Gasteiger partial charge >= 0.3 is 0 Å². The zero-order valence-corrected chi connectivity index (χ0v) is 16.2. The van der Waals surface area contributed by atoms with E-state index in [1.807, 2.05) is 6.26 Å². The van der Waals surface area contributed by atoms with Crippen LogP contribution in [0.1, 0.15) is 54.3 Å². The number of halogens is 2. The number of carbonyl (C=O) groups excluding carboxylic acids is 1. The molecule has 1 aromatic heterocycles. The zero-order chi connectivity index (χ0) is 18.5. The first-order valence-electron chi connectivity index (χ1n) is 8.81. The second kappa shape index (κ2) is 8.86. The number of amides is 1. The summed E-state index contributed by atoms with van der Waals surface area (Å²) in [5, 5.41) is 12.6. The molecule has 1 heterocycles. The molecule has 1 fully saturated rings. The van der Waals surface area contributed by atoms with Crippen LogP contribution in [0.4, 0.5) is 4.39 Å². The monoisotopic (exact) mass is 396 g/mol. The maximum absolute atomic E-state index is 13.8. The van der Waals surface area contributed by atoms with Gasteiger partial charge in [0, 0.05) is 24.0 Å². The lowest BCUT2D eigenvalue weighted by Crippen LogP contribution is -2.26. The van der Waals surface area contributed by atoms with Crippen molar-refractivity contribution >= 4 is 29.3 Å². The summed E-state index contributed by atoms with van der Waals surface area (Å²) in [6.45, 7) is 0.451. The molecule has 1 aliphatic carbocycles. The molecule has 0 radical (unpaired) electrons. The van der Waals surface area contributed by atoms with E-state index < -0.39 is 11.7 Å². The minimum atomic E-state index is -0.611. The normalized spacial score (nSPS) is 14.7. The lowest BCUT2D eigenvalue weighted by Gasteiger charge is -2.16. The van der Waals surface area contributed by atoms with E-state index in [2.05, 4.69) is 20.1 Å². The van der Waals surface area contributed by atoms with Crippen molar-refractivity contribution in [2.45, 2.75) is 49.7 Å². The highest BCUT2D eigenvalue weighted by Crippen LogP contribution is 2.33. The van der Waals surface area contributed by atoms with E-state index in [-0.39, 0.29) is 10.6 Å². The molecular formula is C18H22ClFN4OS. The van der Waals surface area contributed by atoms with Crippen LogP contribution in [0.5, 0.6) is 0 Å². The van der Waals surface area contributed by atoms with Gasteiger partial charge in [0.2, 0.25) is 0 Å². The largest absolute Gasteiger partial charge is 0.352 e. The molecule has 26 heavy (non-hydrogen) atoms. The molecule has 2 aromatic rings. The van der Waals surface area contributed by atoms with E-state index in [0.717, 1.165) is 29.9 Å². The fraction of sp³-hybridized carbons (Fsp3) is 0.500. The number of nitrogens with one attached hydrogen (secondary N) is 1. The van der Waals surface area contributed by atoms with Gasteiger partial charge in [-0.15, -0.1) is 10.2 Å². The van der Waals surface area contributed by atoms with E-state index in [0.29, 0.717) is 12.6 Å². The summed E-state index contributed by atoms with van der Waals surface area (Å²) in [5.74, 6) is -0.0741. The lowest BCUT2D eigenvalue weighted by atomic mass is 10.2. The van der Waals surface area contributed by atoms with Crippen molar-refractivity contribution in [2.24, 2.45) is 0 Å². The Morgan fingerprint density at radius 2 is 2.15 bits per heavy atom. The first kappa shape index (κ1) is 19.2. The van der Waals surface area contributed by atoms with Crippen molar-refractivity contribution in [3.8, 4) is 0 Å². The fourth-order valence-electron chi connectivity index (χ4n) is 3.36. The van der Waals surface area contributed by atoms with Crippen LogP contribution in [0.3, 0.4) is 0 Å². The quantitative estimate of drug-likeness (QED) is 0.560. The van der Waals surface area contributed by atoms with Crippen molar-refractivity contribution in [3.63, 3.8) is 0 Å². The number of carbonyl (C=O) groups is 1. The summed E-state index contributed by atoms with van der Waals surface area (Å²) in [6, 6.07) is 4.53. The van der Waals surface area contributed by atoms with Crippen LogP contribution < -0.4 is 5.32 Å². The Bertz CT molecular complexity index is 777. The molecule has 1 aromatic carbocycles. The average Bonchev–Trinajstić information content (AvgIpc) is 3.27. The summed E-state index contributed by atoms with van der Waals surface area (Å²) >= 11 is 7.32. The van der Waals surface area contributed by atoms with Crippen LogP contribution >= 0.6 is 23.4 Å². The van der Waals surface area contributed by atoms with Gasteiger partial charge in [-0.1, -0.05) is 36.2 Å². The third-order valence-corrected chi connectivity index (χ3v) is 5.52. The minimum absolute atomic E-state index is 0.00758. The van der Waals surface area contributed by atoms with Gasteiger partial charge in [-0.25, -0.2) is 4.39 Å². The molecule has 0 unspecified atom stereocenters. The number of rotatable bonds is 7. The van der Waals surface area contributed by atoms with E-state index >= 15 is 0 Å². The fourth-order valence-corrected chi connectivity index (χ4v) is 4.10. The van der Waals surface area contributed by atoms with Crippen LogP contribution in [0, 0.1) is 5.82 Å². The molecule has 1 amide bonds. The summed E-state index contributed by atoms with van der Waals surface area (Å²) < 4.78 is 16.0. The average molecular weight is 397 g/mol. The molecule has 0 bridgehead atoms. The maximum atomic E-state index is 13.8. The predicted molar refractivity (Wildman–Crippen MR) is 101 cm³/mol. The first-order chi connectivity index (χ1) is 12.6. The SMILES string of the molecule is CSc1nnc(CCCNC(=O)c2ccc(Cl)cc2F)n1C1CCCC1. The topological polar surface area (TPSA) is 59.8 Å². The number of benzene rings is 1. The maximum Gasteiger partial charge on any atom is 0.254 e. The number of aromatic nitrogens is 3. The van der Waals surface area contributed by atoms with Crippen LogP contribution in [0.25, 0.3) is 0 Å². The highest BCUT2D eigenvalue weighted by Gasteiger charge is 2.23. The van der Waals surface area contributed by atoms with Gasteiger partial charge < -0.3 is 9.88 Å². The van der Waals surface area contributed by atoms with Gasteiger partial charge in [-0.2, -0.15) is 0 Å². The second-order valence-corrected chi connectivity index (χ2v) is 7.60. The molecule has 5 nitrogen and oxygen atoms in total. The third kappa shape index (κ3) is 4.38. The van der Waals surface area contributed by atoms with Gasteiger partial charge in [0.05, 0.1) is 5.56 Å². The van der Waals surface area contributed by atoms with Gasteiger partial charge in [-0.3, -0.25) is 4.79 Å². The third-order valence-electron chi connectivity index (χ3n) is 4.65. The van der Waals surface area contributed by atoms with Crippen LogP contribution in [-0.4, -0.2) is 33.5 Å². The number of nitrogens with zero attached hydrogens (tertiary/aromatic N) is 3. The van der Waals surface area contributed by atoms with Crippen molar-refractivity contribution in [1.29, 1.82) is 0 Å². The summed E-state index contributed by atoms with van der Waals surface area (Å²) in [7, 11) is 0. The highest BCUT2D eigenvalue weighted by atomic mass is 35.5. The van der Waals surface area contributed by atoms with Crippen molar-refractivity contribution in [3.05, 3.63) is 40.4 Å². The smallest absolute Gasteiger partial charge is 0.254 e. The molecule has 140 valence electrons. The van der Waals surface area contributed by atoms with Crippen LogP contribution in [-0.2, 0) is 6.42 Å². The molecule has 0 aliphatic heterocycles. The molecular weight excluding hydrogens is 375 g/mol. The predicted octanol–water partition coefficient (Wildman–Crippen LogP) is 4.27. The Morgan fingerprint density at radius 3 is 2.85 bits per heavy atom. The second-order valence-electron chi connectivity index (χ2n) is 6.39. The number of hydrogen-bond donors (Lipinski definition) is 1. The van der Waals surface area contributed by atoms with E-state index in [4.69, 9.17) is 11.6 Å². The molecule has 8 heteroatoms. The Balaban J connectivity index is 1.55. The Hall–Kier alpha value is -1.60.